The Bertz CT molecular complexity index is 726. The van der Waals surface area contributed by atoms with E-state index in [9.17, 15) is 4.79 Å². The van der Waals surface area contributed by atoms with Gasteiger partial charge in [0.1, 0.15) is 5.69 Å². The lowest BCUT2D eigenvalue weighted by atomic mass is 9.95. The molecular weight excluding hydrogens is 322 g/mol. The second-order valence-corrected chi connectivity index (χ2v) is 6.76. The lowest BCUT2D eigenvalue weighted by Gasteiger charge is -2.22. The van der Waals surface area contributed by atoms with Gasteiger partial charge in [-0.15, -0.1) is 0 Å². The van der Waals surface area contributed by atoms with E-state index in [0.717, 1.165) is 29.8 Å². The van der Waals surface area contributed by atoms with Gasteiger partial charge in [-0.1, -0.05) is 36.9 Å². The van der Waals surface area contributed by atoms with Gasteiger partial charge in [0.25, 0.3) is 5.91 Å². The van der Waals surface area contributed by atoms with Gasteiger partial charge in [0.05, 0.1) is 0 Å². The van der Waals surface area contributed by atoms with Gasteiger partial charge in [0, 0.05) is 28.6 Å². The molecule has 1 aromatic carbocycles. The molecule has 0 radical (unpaired) electrons. The summed E-state index contributed by atoms with van der Waals surface area (Å²) < 4.78 is 0. The van der Waals surface area contributed by atoms with Crippen LogP contribution in [-0.4, -0.2) is 16.9 Å². The van der Waals surface area contributed by atoms with Crippen LogP contribution in [0.1, 0.15) is 48.2 Å². The van der Waals surface area contributed by atoms with E-state index in [4.69, 9.17) is 11.6 Å². The molecule has 1 amide bonds. The minimum Gasteiger partial charge on any atom is -0.355 e. The number of benzene rings is 1. The van der Waals surface area contributed by atoms with Crippen molar-refractivity contribution in [3.8, 4) is 0 Å². The highest BCUT2D eigenvalue weighted by Crippen LogP contribution is 2.24. The first kappa shape index (κ1) is 16.8. The first-order valence-corrected chi connectivity index (χ1v) is 8.80. The highest BCUT2D eigenvalue weighted by Gasteiger charge is 2.17. The summed E-state index contributed by atoms with van der Waals surface area (Å²) in [7, 11) is 0. The molecule has 0 bridgehead atoms. The Labute approximate surface area is 147 Å². The van der Waals surface area contributed by atoms with Gasteiger partial charge in [-0.2, -0.15) is 0 Å². The molecule has 0 saturated heterocycles. The molecule has 2 aromatic rings. The molecule has 0 atom stereocenters. The summed E-state index contributed by atoms with van der Waals surface area (Å²) in [6.07, 6.45) is 7.42. The van der Waals surface area contributed by atoms with Crippen molar-refractivity contribution in [1.29, 1.82) is 0 Å². The molecule has 1 aliphatic rings. The molecule has 0 unspecified atom stereocenters. The maximum Gasteiger partial charge on any atom is 0.270 e. The van der Waals surface area contributed by atoms with Crippen LogP contribution in [0.4, 0.5) is 11.4 Å². The van der Waals surface area contributed by atoms with Crippen molar-refractivity contribution in [2.75, 3.05) is 5.32 Å². The van der Waals surface area contributed by atoms with Gasteiger partial charge in [-0.3, -0.25) is 9.78 Å². The zero-order chi connectivity index (χ0) is 16.9. The molecule has 3 rings (SSSR count). The number of anilines is 2. The SMILES string of the molecule is Cc1ccc(Cl)cc1Nc1ccnc(C(=O)NC2CCCCC2)c1. The van der Waals surface area contributed by atoms with Crippen LogP contribution in [0.3, 0.4) is 0 Å². The predicted octanol–water partition coefficient (Wildman–Crippen LogP) is 4.85. The average Bonchev–Trinajstić information content (AvgIpc) is 2.59. The molecule has 1 heterocycles. The summed E-state index contributed by atoms with van der Waals surface area (Å²) in [6, 6.07) is 9.59. The van der Waals surface area contributed by atoms with Crippen LogP contribution in [0.25, 0.3) is 0 Å². The van der Waals surface area contributed by atoms with Crippen LogP contribution >= 0.6 is 11.6 Å². The highest BCUT2D eigenvalue weighted by atomic mass is 35.5. The van der Waals surface area contributed by atoms with Crippen LogP contribution in [-0.2, 0) is 0 Å². The van der Waals surface area contributed by atoms with E-state index in [1.165, 1.54) is 19.3 Å². The number of rotatable bonds is 4. The fraction of sp³-hybridized carbons (Fsp3) is 0.368. The van der Waals surface area contributed by atoms with E-state index in [1.807, 2.05) is 31.2 Å². The van der Waals surface area contributed by atoms with Crippen molar-refractivity contribution >= 4 is 28.9 Å². The molecule has 24 heavy (non-hydrogen) atoms. The number of halogens is 1. The number of pyridine rings is 1. The maximum absolute atomic E-state index is 12.4. The van der Waals surface area contributed by atoms with Crippen molar-refractivity contribution in [2.24, 2.45) is 0 Å². The van der Waals surface area contributed by atoms with Crippen molar-refractivity contribution in [2.45, 2.75) is 45.1 Å². The average molecular weight is 344 g/mol. The number of aryl methyl sites for hydroxylation is 1. The molecule has 2 N–H and O–H groups in total. The number of nitrogens with one attached hydrogen (secondary N) is 2. The maximum atomic E-state index is 12.4. The van der Waals surface area contributed by atoms with Crippen molar-refractivity contribution < 1.29 is 4.79 Å². The topological polar surface area (TPSA) is 54.0 Å². The molecule has 1 fully saturated rings. The normalized spacial score (nSPS) is 15.1. The number of amides is 1. The van der Waals surface area contributed by atoms with E-state index in [0.29, 0.717) is 10.7 Å². The predicted molar refractivity (Wildman–Crippen MR) is 98.0 cm³/mol. The fourth-order valence-electron chi connectivity index (χ4n) is 3.02. The summed E-state index contributed by atoms with van der Waals surface area (Å²) in [5.41, 5.74) is 3.27. The molecule has 1 aromatic heterocycles. The number of hydrogen-bond donors (Lipinski definition) is 2. The zero-order valence-electron chi connectivity index (χ0n) is 13.8. The molecule has 0 spiro atoms. The van der Waals surface area contributed by atoms with Crippen LogP contribution in [0.2, 0.25) is 5.02 Å². The van der Waals surface area contributed by atoms with E-state index < -0.39 is 0 Å². The minimum atomic E-state index is -0.103. The van der Waals surface area contributed by atoms with Gasteiger partial charge in [0.15, 0.2) is 0 Å². The summed E-state index contributed by atoms with van der Waals surface area (Å²) in [6.45, 7) is 2.01. The second kappa shape index (κ2) is 7.67. The van der Waals surface area contributed by atoms with Gasteiger partial charge in [-0.25, -0.2) is 0 Å². The molecule has 1 saturated carbocycles. The number of hydrogen-bond acceptors (Lipinski definition) is 3. The Morgan fingerprint density at radius 3 is 2.75 bits per heavy atom. The Morgan fingerprint density at radius 1 is 1.17 bits per heavy atom. The smallest absolute Gasteiger partial charge is 0.270 e. The van der Waals surface area contributed by atoms with E-state index >= 15 is 0 Å². The Kier molecular flexibility index (Phi) is 5.36. The van der Waals surface area contributed by atoms with E-state index in [2.05, 4.69) is 15.6 Å². The monoisotopic (exact) mass is 343 g/mol. The fourth-order valence-corrected chi connectivity index (χ4v) is 3.20. The molecule has 4 nitrogen and oxygen atoms in total. The molecule has 126 valence electrons. The lowest BCUT2D eigenvalue weighted by molar-refractivity contribution is 0.0922. The third-order valence-electron chi connectivity index (χ3n) is 4.41. The van der Waals surface area contributed by atoms with Crippen LogP contribution in [0, 0.1) is 6.92 Å². The summed E-state index contributed by atoms with van der Waals surface area (Å²) in [4.78, 5) is 16.6. The molecule has 0 aliphatic heterocycles. The van der Waals surface area contributed by atoms with E-state index in [1.54, 1.807) is 12.3 Å². The first-order valence-electron chi connectivity index (χ1n) is 8.42. The number of carbonyl (C=O) groups is 1. The highest BCUT2D eigenvalue weighted by molar-refractivity contribution is 6.30. The molecule has 5 heteroatoms. The number of aromatic nitrogens is 1. The molecular formula is C19H22ClN3O. The third-order valence-corrected chi connectivity index (χ3v) is 4.65. The Hall–Kier alpha value is -2.07. The number of carbonyl (C=O) groups excluding carboxylic acids is 1. The van der Waals surface area contributed by atoms with Crippen molar-refractivity contribution in [1.82, 2.24) is 10.3 Å². The Balaban J connectivity index is 1.71. The van der Waals surface area contributed by atoms with Gasteiger partial charge >= 0.3 is 0 Å². The lowest BCUT2D eigenvalue weighted by Crippen LogP contribution is -2.36. The van der Waals surface area contributed by atoms with Crippen molar-refractivity contribution in [3.05, 3.63) is 52.8 Å². The van der Waals surface area contributed by atoms with Gasteiger partial charge in [0.2, 0.25) is 0 Å². The summed E-state index contributed by atoms with van der Waals surface area (Å²) in [5, 5.41) is 7.08. The standard InChI is InChI=1S/C19H22ClN3O/c1-13-7-8-14(20)11-17(13)22-16-9-10-21-18(12-16)19(24)23-15-5-3-2-4-6-15/h7-12,15H,2-6H2,1H3,(H,21,22)(H,23,24). The van der Waals surface area contributed by atoms with Crippen LogP contribution in [0.5, 0.6) is 0 Å². The zero-order valence-corrected chi connectivity index (χ0v) is 14.6. The summed E-state index contributed by atoms with van der Waals surface area (Å²) >= 11 is 6.06. The second-order valence-electron chi connectivity index (χ2n) is 6.32. The third kappa shape index (κ3) is 4.26. The minimum absolute atomic E-state index is 0.103. The van der Waals surface area contributed by atoms with E-state index in [-0.39, 0.29) is 11.9 Å². The largest absolute Gasteiger partial charge is 0.355 e. The van der Waals surface area contributed by atoms with Crippen LogP contribution < -0.4 is 10.6 Å². The van der Waals surface area contributed by atoms with Crippen molar-refractivity contribution in [3.63, 3.8) is 0 Å². The van der Waals surface area contributed by atoms with Gasteiger partial charge < -0.3 is 10.6 Å². The Morgan fingerprint density at radius 2 is 1.96 bits per heavy atom. The first-order chi connectivity index (χ1) is 11.6. The quantitative estimate of drug-likeness (QED) is 0.834. The van der Waals surface area contributed by atoms with Crippen LogP contribution in [0.15, 0.2) is 36.5 Å². The van der Waals surface area contributed by atoms with Gasteiger partial charge in [-0.05, 0) is 49.6 Å². The molecule has 1 aliphatic carbocycles. The number of nitrogens with zero attached hydrogens (tertiary/aromatic N) is 1. The summed E-state index contributed by atoms with van der Waals surface area (Å²) in [5.74, 6) is -0.103.